The molecule has 0 atom stereocenters. The molecule has 1 heterocycles. The number of benzene rings is 2. The second kappa shape index (κ2) is 7.67. The van der Waals surface area contributed by atoms with Gasteiger partial charge in [-0.3, -0.25) is 0 Å². The van der Waals surface area contributed by atoms with Crippen LogP contribution in [0.2, 0.25) is 0 Å². The number of hydrogen-bond donors (Lipinski definition) is 1. The largest absolute Gasteiger partial charge is 0.243 e. The molecule has 9 heteroatoms. The zero-order valence-corrected chi connectivity index (χ0v) is 16.4. The predicted molar refractivity (Wildman–Crippen MR) is 99.7 cm³/mol. The summed E-state index contributed by atoms with van der Waals surface area (Å²) in [6.45, 7) is 1.94. The Morgan fingerprint density at radius 1 is 1.00 bits per heavy atom. The Hall–Kier alpha value is -1.81. The van der Waals surface area contributed by atoms with Crippen LogP contribution in [0, 0.1) is 12.7 Å². The summed E-state index contributed by atoms with van der Waals surface area (Å²) in [5.74, 6) is -0.486. The second-order valence-electron chi connectivity index (χ2n) is 6.52. The third-order valence-electron chi connectivity index (χ3n) is 4.58. The predicted octanol–water partition coefficient (Wildman–Crippen LogP) is 2.27. The summed E-state index contributed by atoms with van der Waals surface area (Å²) in [6.07, 6.45) is 0.733. The van der Waals surface area contributed by atoms with Gasteiger partial charge in [0.05, 0.1) is 9.79 Å². The van der Waals surface area contributed by atoms with E-state index in [1.165, 1.54) is 28.6 Å². The smallest absolute Gasteiger partial charge is 0.208 e. The summed E-state index contributed by atoms with van der Waals surface area (Å²) in [5, 5.41) is 0. The molecular weight excluding hydrogens is 391 g/mol. The van der Waals surface area contributed by atoms with E-state index in [0.29, 0.717) is 18.4 Å². The van der Waals surface area contributed by atoms with E-state index < -0.39 is 25.9 Å². The molecule has 1 aliphatic heterocycles. The SMILES string of the molecule is Cc1cc(F)ccc1S(=O)(=O)N1CCC(NS(=O)(=O)c2ccccc2)CC1. The summed E-state index contributed by atoms with van der Waals surface area (Å²) in [5.41, 5.74) is 0.349. The molecule has 6 nitrogen and oxygen atoms in total. The van der Waals surface area contributed by atoms with Crippen LogP contribution in [0.1, 0.15) is 18.4 Å². The highest BCUT2D eigenvalue weighted by atomic mass is 32.2. The first-order valence-electron chi connectivity index (χ1n) is 8.54. The van der Waals surface area contributed by atoms with E-state index in [-0.39, 0.29) is 28.9 Å². The number of aryl methyl sites for hydroxylation is 1. The van der Waals surface area contributed by atoms with E-state index >= 15 is 0 Å². The first-order valence-corrected chi connectivity index (χ1v) is 11.5. The zero-order valence-electron chi connectivity index (χ0n) is 14.8. The molecule has 2 aromatic rings. The normalized spacial score (nSPS) is 17.1. The fourth-order valence-corrected chi connectivity index (χ4v) is 6.14. The van der Waals surface area contributed by atoms with Crippen molar-refractivity contribution in [2.45, 2.75) is 35.6 Å². The number of piperidine rings is 1. The van der Waals surface area contributed by atoms with Gasteiger partial charge in [0.1, 0.15) is 5.82 Å². The Kier molecular flexibility index (Phi) is 5.66. The summed E-state index contributed by atoms with van der Waals surface area (Å²) in [7, 11) is -7.38. The first-order chi connectivity index (χ1) is 12.7. The third-order valence-corrected chi connectivity index (χ3v) is 8.18. The lowest BCUT2D eigenvalue weighted by Crippen LogP contribution is -2.46. The number of nitrogens with one attached hydrogen (secondary N) is 1. The Morgan fingerprint density at radius 2 is 1.63 bits per heavy atom. The standard InChI is InChI=1S/C18H21FN2O4S2/c1-14-13-15(19)7-8-18(14)27(24,25)21-11-9-16(10-12-21)20-26(22,23)17-5-3-2-4-6-17/h2-8,13,16,20H,9-12H2,1H3. The van der Waals surface area contributed by atoms with E-state index in [1.54, 1.807) is 25.1 Å². The fourth-order valence-electron chi connectivity index (χ4n) is 3.14. The lowest BCUT2D eigenvalue weighted by molar-refractivity contribution is 0.308. The van der Waals surface area contributed by atoms with Crippen LogP contribution in [-0.2, 0) is 20.0 Å². The highest BCUT2D eigenvalue weighted by Crippen LogP contribution is 2.24. The van der Waals surface area contributed by atoms with Crippen molar-refractivity contribution in [3.05, 3.63) is 59.9 Å². The maximum absolute atomic E-state index is 13.3. The minimum Gasteiger partial charge on any atom is -0.208 e. The van der Waals surface area contributed by atoms with E-state index in [4.69, 9.17) is 0 Å². The summed E-state index contributed by atoms with van der Waals surface area (Å²) in [4.78, 5) is 0.259. The van der Waals surface area contributed by atoms with Crippen molar-refractivity contribution >= 4 is 20.0 Å². The summed E-state index contributed by atoms with van der Waals surface area (Å²) < 4.78 is 67.6. The van der Waals surface area contributed by atoms with Crippen LogP contribution in [-0.4, -0.2) is 40.3 Å². The minimum absolute atomic E-state index is 0.0761. The highest BCUT2D eigenvalue weighted by molar-refractivity contribution is 7.89. The lowest BCUT2D eigenvalue weighted by Gasteiger charge is -2.31. The molecular formula is C18H21FN2O4S2. The molecule has 0 aromatic heterocycles. The molecule has 0 aliphatic carbocycles. The third kappa shape index (κ3) is 4.37. The molecule has 0 radical (unpaired) electrons. The van der Waals surface area contributed by atoms with Crippen molar-refractivity contribution < 1.29 is 21.2 Å². The Balaban J connectivity index is 1.68. The molecule has 0 unspecified atom stereocenters. The van der Waals surface area contributed by atoms with E-state index in [2.05, 4.69) is 4.72 Å². The molecule has 1 saturated heterocycles. The number of rotatable bonds is 5. The van der Waals surface area contributed by atoms with Gasteiger partial charge in [-0.2, -0.15) is 4.31 Å². The van der Waals surface area contributed by atoms with Crippen LogP contribution >= 0.6 is 0 Å². The molecule has 0 spiro atoms. The van der Waals surface area contributed by atoms with Gasteiger partial charge in [0, 0.05) is 19.1 Å². The molecule has 0 saturated carbocycles. The Morgan fingerprint density at radius 3 is 2.22 bits per heavy atom. The number of hydrogen-bond acceptors (Lipinski definition) is 4. The first kappa shape index (κ1) is 19.9. The summed E-state index contributed by atoms with van der Waals surface area (Å²) >= 11 is 0. The molecule has 1 aliphatic rings. The highest BCUT2D eigenvalue weighted by Gasteiger charge is 2.32. The molecule has 146 valence electrons. The summed E-state index contributed by atoms with van der Waals surface area (Å²) in [6, 6.07) is 11.3. The van der Waals surface area contributed by atoms with Crippen molar-refractivity contribution in [1.29, 1.82) is 0 Å². The van der Waals surface area contributed by atoms with Crippen LogP contribution < -0.4 is 4.72 Å². The van der Waals surface area contributed by atoms with Crippen molar-refractivity contribution in [2.24, 2.45) is 0 Å². The van der Waals surface area contributed by atoms with Gasteiger partial charge in [0.2, 0.25) is 20.0 Å². The number of sulfonamides is 2. The molecule has 3 rings (SSSR count). The molecule has 1 fully saturated rings. The quantitative estimate of drug-likeness (QED) is 0.817. The van der Waals surface area contributed by atoms with E-state index in [9.17, 15) is 21.2 Å². The van der Waals surface area contributed by atoms with Crippen LogP contribution in [0.25, 0.3) is 0 Å². The van der Waals surface area contributed by atoms with Crippen molar-refractivity contribution in [2.75, 3.05) is 13.1 Å². The Bertz CT molecular complexity index is 1020. The van der Waals surface area contributed by atoms with Crippen molar-refractivity contribution in [3.8, 4) is 0 Å². The molecule has 0 bridgehead atoms. The van der Waals surface area contributed by atoms with Gasteiger partial charge in [0.25, 0.3) is 0 Å². The van der Waals surface area contributed by atoms with Crippen LogP contribution in [0.5, 0.6) is 0 Å². The van der Waals surface area contributed by atoms with E-state index in [0.717, 1.165) is 6.07 Å². The number of nitrogens with zero attached hydrogens (tertiary/aromatic N) is 1. The van der Waals surface area contributed by atoms with Gasteiger partial charge in [-0.15, -0.1) is 0 Å². The van der Waals surface area contributed by atoms with Gasteiger partial charge >= 0.3 is 0 Å². The maximum Gasteiger partial charge on any atom is 0.243 e. The zero-order chi connectivity index (χ0) is 19.7. The van der Waals surface area contributed by atoms with Gasteiger partial charge in [-0.25, -0.2) is 25.9 Å². The van der Waals surface area contributed by atoms with Crippen LogP contribution in [0.3, 0.4) is 0 Å². The molecule has 1 N–H and O–H groups in total. The number of halogens is 1. The van der Waals surface area contributed by atoms with Crippen molar-refractivity contribution in [1.82, 2.24) is 9.03 Å². The lowest BCUT2D eigenvalue weighted by atomic mass is 10.1. The molecule has 27 heavy (non-hydrogen) atoms. The van der Waals surface area contributed by atoms with Gasteiger partial charge < -0.3 is 0 Å². The van der Waals surface area contributed by atoms with Gasteiger partial charge in [-0.1, -0.05) is 18.2 Å². The van der Waals surface area contributed by atoms with Crippen LogP contribution in [0.15, 0.2) is 58.3 Å². The monoisotopic (exact) mass is 412 g/mol. The average Bonchev–Trinajstić information content (AvgIpc) is 2.62. The van der Waals surface area contributed by atoms with Crippen molar-refractivity contribution in [3.63, 3.8) is 0 Å². The van der Waals surface area contributed by atoms with Crippen LogP contribution in [0.4, 0.5) is 4.39 Å². The molecule has 2 aromatic carbocycles. The average molecular weight is 413 g/mol. The molecule has 0 amide bonds. The topological polar surface area (TPSA) is 83.6 Å². The minimum atomic E-state index is -3.74. The Labute approximate surface area is 159 Å². The maximum atomic E-state index is 13.3. The second-order valence-corrected chi connectivity index (χ2v) is 10.1. The van der Waals surface area contributed by atoms with Gasteiger partial charge in [0.15, 0.2) is 0 Å². The van der Waals surface area contributed by atoms with Gasteiger partial charge in [-0.05, 0) is 55.7 Å². The van der Waals surface area contributed by atoms with E-state index in [1.807, 2.05) is 0 Å². The fraction of sp³-hybridized carbons (Fsp3) is 0.333.